The van der Waals surface area contributed by atoms with E-state index in [1.165, 1.54) is 0 Å². The fourth-order valence-corrected chi connectivity index (χ4v) is 4.12. The zero-order valence-electron chi connectivity index (χ0n) is 18.0. The predicted octanol–water partition coefficient (Wildman–Crippen LogP) is 3.93. The predicted molar refractivity (Wildman–Crippen MR) is 123 cm³/mol. The highest BCUT2D eigenvalue weighted by Gasteiger charge is 2.23. The summed E-state index contributed by atoms with van der Waals surface area (Å²) in [7, 11) is 0. The highest BCUT2D eigenvalue weighted by atomic mass is 16.5. The molecule has 1 unspecified atom stereocenters. The van der Waals surface area contributed by atoms with Crippen LogP contribution < -0.4 is 15.8 Å². The molecule has 4 rings (SSSR count). The maximum absolute atomic E-state index is 12.8. The molecule has 0 bridgehead atoms. The first-order valence-electron chi connectivity index (χ1n) is 11.0. The van der Waals surface area contributed by atoms with Gasteiger partial charge in [-0.05, 0) is 72.0 Å². The Kier molecular flexibility index (Phi) is 6.85. The second-order valence-corrected chi connectivity index (χ2v) is 8.03. The molecule has 0 aliphatic carbocycles. The fraction of sp³-hybridized carbons (Fsp3) is 0.346. The van der Waals surface area contributed by atoms with Gasteiger partial charge in [-0.3, -0.25) is 4.79 Å². The highest BCUT2D eigenvalue weighted by Crippen LogP contribution is 2.27. The van der Waals surface area contributed by atoms with Crippen molar-refractivity contribution in [1.29, 1.82) is 0 Å². The Balaban J connectivity index is 1.56. The molecule has 5 heteroatoms. The van der Waals surface area contributed by atoms with Crippen molar-refractivity contribution >= 4 is 16.7 Å². The minimum absolute atomic E-state index is 0.202. The maximum atomic E-state index is 12.8. The smallest absolute Gasteiger partial charge is 0.313 e. The Morgan fingerprint density at radius 2 is 1.81 bits per heavy atom. The van der Waals surface area contributed by atoms with Crippen molar-refractivity contribution < 1.29 is 14.3 Å². The van der Waals surface area contributed by atoms with Crippen LogP contribution in [0.3, 0.4) is 0 Å². The first-order valence-corrected chi connectivity index (χ1v) is 11.0. The van der Waals surface area contributed by atoms with E-state index in [2.05, 4.69) is 41.7 Å². The van der Waals surface area contributed by atoms with Gasteiger partial charge in [-0.1, -0.05) is 42.5 Å². The number of rotatable bonds is 8. The van der Waals surface area contributed by atoms with Gasteiger partial charge in [-0.25, -0.2) is 0 Å². The minimum atomic E-state index is -0.364. The van der Waals surface area contributed by atoms with Crippen LogP contribution in [0.15, 0.2) is 60.7 Å². The van der Waals surface area contributed by atoms with Gasteiger partial charge in [-0.2, -0.15) is 0 Å². The molecule has 0 spiro atoms. The Labute approximate surface area is 183 Å². The first-order chi connectivity index (χ1) is 15.2. The molecule has 3 aromatic carbocycles. The third-order valence-corrected chi connectivity index (χ3v) is 5.82. The number of fused-ring (bicyclic) bond motifs is 1. The van der Waals surface area contributed by atoms with Gasteiger partial charge in [0, 0.05) is 13.1 Å². The summed E-state index contributed by atoms with van der Waals surface area (Å²) in [5.41, 5.74) is 8.92. The van der Waals surface area contributed by atoms with Crippen molar-refractivity contribution in [3.63, 3.8) is 0 Å². The molecular formula is C26H30N2O3. The summed E-state index contributed by atoms with van der Waals surface area (Å²) in [6, 6.07) is 20.4. The summed E-state index contributed by atoms with van der Waals surface area (Å²) in [5.74, 6) is 0.268. The number of nitrogens with two attached hydrogens (primary N) is 1. The summed E-state index contributed by atoms with van der Waals surface area (Å²) in [6.45, 7) is 4.58. The molecule has 0 saturated carbocycles. The number of benzene rings is 3. The molecule has 3 N–H and O–H groups in total. The zero-order valence-corrected chi connectivity index (χ0v) is 18.0. The van der Waals surface area contributed by atoms with Crippen LogP contribution in [0.2, 0.25) is 0 Å². The number of esters is 1. The lowest BCUT2D eigenvalue weighted by Crippen LogP contribution is -2.20. The molecule has 2 atom stereocenters. The van der Waals surface area contributed by atoms with E-state index in [1.807, 2.05) is 31.2 Å². The number of hydrogen-bond donors (Lipinski definition) is 2. The average molecular weight is 419 g/mol. The van der Waals surface area contributed by atoms with Crippen LogP contribution in [0, 0.1) is 0 Å². The van der Waals surface area contributed by atoms with Gasteiger partial charge in [0.25, 0.3) is 0 Å². The topological polar surface area (TPSA) is 73.6 Å². The highest BCUT2D eigenvalue weighted by molar-refractivity contribution is 5.84. The second-order valence-electron chi connectivity index (χ2n) is 8.03. The lowest BCUT2D eigenvalue weighted by atomic mass is 9.91. The average Bonchev–Trinajstić information content (AvgIpc) is 3.31. The molecule has 1 aliphatic rings. The van der Waals surface area contributed by atoms with Gasteiger partial charge in [0.15, 0.2) is 0 Å². The van der Waals surface area contributed by atoms with E-state index in [-0.39, 0.29) is 18.0 Å². The maximum Gasteiger partial charge on any atom is 0.313 e. The van der Waals surface area contributed by atoms with Crippen LogP contribution in [0.25, 0.3) is 10.8 Å². The Morgan fingerprint density at radius 1 is 1.06 bits per heavy atom. The molecule has 31 heavy (non-hydrogen) atoms. The Bertz CT molecular complexity index is 1030. The van der Waals surface area contributed by atoms with E-state index in [9.17, 15) is 4.79 Å². The number of ether oxygens (including phenoxy) is 2. The molecule has 162 valence electrons. The van der Waals surface area contributed by atoms with Gasteiger partial charge in [0.2, 0.25) is 0 Å². The van der Waals surface area contributed by atoms with Crippen molar-refractivity contribution in [3.8, 4) is 5.75 Å². The molecule has 5 nitrogen and oxygen atoms in total. The minimum Gasteiger partial charge on any atom is -0.489 e. The van der Waals surface area contributed by atoms with Crippen LogP contribution in [-0.2, 0) is 22.5 Å². The van der Waals surface area contributed by atoms with E-state index in [0.29, 0.717) is 19.6 Å². The normalized spacial score (nSPS) is 16.9. The van der Waals surface area contributed by atoms with E-state index < -0.39 is 0 Å². The second kappa shape index (κ2) is 9.94. The van der Waals surface area contributed by atoms with Crippen molar-refractivity contribution in [3.05, 3.63) is 77.4 Å². The van der Waals surface area contributed by atoms with Crippen LogP contribution in [0.5, 0.6) is 5.75 Å². The SMILES string of the molecule is CCOC(=O)C(Cc1ccc2ccc(CN)cc2c1)c1ccc(O[C@H]2CCNC2)cc1. The molecule has 3 aromatic rings. The summed E-state index contributed by atoms with van der Waals surface area (Å²) >= 11 is 0. The molecule has 0 radical (unpaired) electrons. The summed E-state index contributed by atoms with van der Waals surface area (Å²) in [6.07, 6.45) is 1.80. The largest absolute Gasteiger partial charge is 0.489 e. The third-order valence-electron chi connectivity index (χ3n) is 5.82. The van der Waals surface area contributed by atoms with Crippen LogP contribution in [0.4, 0.5) is 0 Å². The summed E-state index contributed by atoms with van der Waals surface area (Å²) < 4.78 is 11.4. The summed E-state index contributed by atoms with van der Waals surface area (Å²) in [5, 5.41) is 5.60. The fourth-order valence-electron chi connectivity index (χ4n) is 4.12. The van der Waals surface area contributed by atoms with Crippen molar-refractivity contribution in [2.45, 2.75) is 38.3 Å². The van der Waals surface area contributed by atoms with E-state index in [0.717, 1.165) is 52.7 Å². The van der Waals surface area contributed by atoms with Gasteiger partial charge >= 0.3 is 5.97 Å². The number of hydrogen-bond acceptors (Lipinski definition) is 5. The first kappa shape index (κ1) is 21.3. The summed E-state index contributed by atoms with van der Waals surface area (Å²) in [4.78, 5) is 12.8. The van der Waals surface area contributed by atoms with Crippen LogP contribution >= 0.6 is 0 Å². The number of nitrogens with one attached hydrogen (secondary N) is 1. The van der Waals surface area contributed by atoms with E-state index in [1.54, 1.807) is 0 Å². The zero-order chi connectivity index (χ0) is 21.6. The van der Waals surface area contributed by atoms with Crippen LogP contribution in [0.1, 0.15) is 36.0 Å². The molecule has 0 aromatic heterocycles. The molecule has 1 fully saturated rings. The Hall–Kier alpha value is -2.89. The lowest BCUT2D eigenvalue weighted by molar-refractivity contribution is -0.144. The molecule has 1 saturated heterocycles. The molecule has 1 aliphatic heterocycles. The van der Waals surface area contributed by atoms with E-state index >= 15 is 0 Å². The monoisotopic (exact) mass is 418 g/mol. The standard InChI is InChI=1S/C26H30N2O3/c1-2-30-26(29)25(21-7-9-23(10-8-21)31-24-11-12-28-17-24)15-18-3-5-20-6-4-19(16-27)14-22(20)13-18/h3-10,13-14,24-25,28H,2,11-12,15-17,27H2,1H3/t24-,25?/m0/s1. The quantitative estimate of drug-likeness (QED) is 0.542. The third kappa shape index (κ3) is 5.24. The lowest BCUT2D eigenvalue weighted by Gasteiger charge is -2.18. The van der Waals surface area contributed by atoms with Crippen LogP contribution in [-0.4, -0.2) is 31.8 Å². The molecule has 0 amide bonds. The van der Waals surface area contributed by atoms with Gasteiger partial charge in [0.05, 0.1) is 12.5 Å². The molecular weight excluding hydrogens is 388 g/mol. The number of carbonyl (C=O) groups is 1. The van der Waals surface area contributed by atoms with Gasteiger partial charge < -0.3 is 20.5 Å². The van der Waals surface area contributed by atoms with Crippen molar-refractivity contribution in [2.24, 2.45) is 5.73 Å². The Morgan fingerprint density at radius 3 is 2.48 bits per heavy atom. The number of carbonyl (C=O) groups excluding carboxylic acids is 1. The van der Waals surface area contributed by atoms with Crippen molar-refractivity contribution in [2.75, 3.05) is 19.7 Å². The van der Waals surface area contributed by atoms with Gasteiger partial charge in [0.1, 0.15) is 11.9 Å². The van der Waals surface area contributed by atoms with Crippen molar-refractivity contribution in [1.82, 2.24) is 5.32 Å². The van der Waals surface area contributed by atoms with E-state index in [4.69, 9.17) is 15.2 Å². The molecule has 1 heterocycles. The van der Waals surface area contributed by atoms with Gasteiger partial charge in [-0.15, -0.1) is 0 Å².